The Morgan fingerprint density at radius 3 is 1.72 bits per heavy atom. The van der Waals surface area contributed by atoms with E-state index in [1.165, 1.54) is 44.9 Å². The summed E-state index contributed by atoms with van der Waals surface area (Å²) in [6.07, 6.45) is 14.8. The van der Waals surface area contributed by atoms with Gasteiger partial charge in [0.2, 0.25) is 5.79 Å². The summed E-state index contributed by atoms with van der Waals surface area (Å²) in [7, 11) is 1.58. The molecule has 1 saturated carbocycles. The minimum Gasteiger partial charge on any atom is -0.351 e. The highest BCUT2D eigenvalue weighted by molar-refractivity contribution is 4.86. The first-order valence-electron chi connectivity index (χ1n) is 12.5. The molecule has 0 aromatic carbocycles. The van der Waals surface area contributed by atoms with Crippen LogP contribution in [0.1, 0.15) is 111 Å². The quantitative estimate of drug-likeness (QED) is 0.0860. The molecule has 190 valence electrons. The molecule has 0 saturated heterocycles. The zero-order valence-electron chi connectivity index (χ0n) is 21.1. The summed E-state index contributed by atoms with van der Waals surface area (Å²) in [4.78, 5) is 33.3. The largest absolute Gasteiger partial charge is 0.351 e. The summed E-state index contributed by atoms with van der Waals surface area (Å²) in [5, 5.41) is 0. The van der Waals surface area contributed by atoms with Crippen molar-refractivity contribution in [3.63, 3.8) is 0 Å². The maximum atomic E-state index is 5.90. The summed E-state index contributed by atoms with van der Waals surface area (Å²) in [6, 6.07) is 0. The molecule has 7 heteroatoms. The van der Waals surface area contributed by atoms with Gasteiger partial charge in [0.05, 0.1) is 19.8 Å². The lowest BCUT2D eigenvalue weighted by Gasteiger charge is -2.31. The van der Waals surface area contributed by atoms with Crippen molar-refractivity contribution in [2.24, 2.45) is 0 Å². The molecule has 0 radical (unpaired) electrons. The fourth-order valence-corrected chi connectivity index (χ4v) is 3.39. The van der Waals surface area contributed by atoms with Crippen molar-refractivity contribution in [2.75, 3.05) is 26.9 Å². The Labute approximate surface area is 195 Å². The molecule has 1 rings (SSSR count). The molecule has 0 spiro atoms. The van der Waals surface area contributed by atoms with Gasteiger partial charge in [0.1, 0.15) is 0 Å². The maximum Gasteiger partial charge on any atom is 0.233 e. The second kappa shape index (κ2) is 17.9. The number of methoxy groups -OCH3 is 1. The number of rotatable bonds is 15. The van der Waals surface area contributed by atoms with Gasteiger partial charge < -0.3 is 4.74 Å². The van der Waals surface area contributed by atoms with Gasteiger partial charge in [-0.15, -0.1) is 6.58 Å². The van der Waals surface area contributed by atoms with Crippen LogP contribution in [-0.4, -0.2) is 38.5 Å². The van der Waals surface area contributed by atoms with Crippen molar-refractivity contribution < 1.29 is 34.1 Å². The molecule has 32 heavy (non-hydrogen) atoms. The second-order valence-corrected chi connectivity index (χ2v) is 9.33. The van der Waals surface area contributed by atoms with E-state index < -0.39 is 11.6 Å². The lowest BCUT2D eigenvalue weighted by Crippen LogP contribution is -2.37. The Hall–Kier alpha value is -0.540. The molecule has 0 amide bonds. The van der Waals surface area contributed by atoms with Gasteiger partial charge in [-0.1, -0.05) is 50.5 Å². The molecular formula is C25H48O7. The van der Waals surface area contributed by atoms with Gasteiger partial charge in [-0.3, -0.25) is 0 Å². The van der Waals surface area contributed by atoms with Gasteiger partial charge in [0.15, 0.2) is 5.79 Å². The van der Waals surface area contributed by atoms with Crippen LogP contribution >= 0.6 is 0 Å². The molecule has 1 fully saturated rings. The average Bonchev–Trinajstić information content (AvgIpc) is 2.75. The van der Waals surface area contributed by atoms with Gasteiger partial charge in [-0.25, -0.2) is 19.6 Å². The molecular weight excluding hydrogens is 412 g/mol. The van der Waals surface area contributed by atoms with Gasteiger partial charge in [0, 0.05) is 20.0 Å². The Morgan fingerprint density at radius 2 is 1.22 bits per heavy atom. The van der Waals surface area contributed by atoms with E-state index in [2.05, 4.69) is 6.58 Å². The van der Waals surface area contributed by atoms with Crippen molar-refractivity contribution in [2.45, 2.75) is 122 Å². The molecule has 0 bridgehead atoms. The van der Waals surface area contributed by atoms with Crippen molar-refractivity contribution in [3.8, 4) is 0 Å². The van der Waals surface area contributed by atoms with E-state index in [4.69, 9.17) is 34.1 Å². The van der Waals surface area contributed by atoms with E-state index >= 15 is 0 Å². The Bertz CT molecular complexity index is 455. The zero-order chi connectivity index (χ0) is 23.5. The molecule has 0 aliphatic heterocycles. The number of unbranched alkanes of at least 4 members (excludes halogenated alkanes) is 1. The Kier molecular flexibility index (Phi) is 16.5. The van der Waals surface area contributed by atoms with Crippen LogP contribution in [0.4, 0.5) is 0 Å². The molecule has 0 aromatic heterocycles. The fourth-order valence-electron chi connectivity index (χ4n) is 3.39. The summed E-state index contributed by atoms with van der Waals surface area (Å²) in [6.45, 7) is 10.9. The smallest absolute Gasteiger partial charge is 0.233 e. The molecule has 7 nitrogen and oxygen atoms in total. The third kappa shape index (κ3) is 15.3. The third-order valence-electron chi connectivity index (χ3n) is 5.61. The molecule has 0 N–H and O–H groups in total. The number of hydrogen-bond donors (Lipinski definition) is 0. The monoisotopic (exact) mass is 460 g/mol. The molecule has 0 atom stereocenters. The van der Waals surface area contributed by atoms with Crippen LogP contribution in [0.2, 0.25) is 0 Å². The molecule has 0 aromatic rings. The van der Waals surface area contributed by atoms with Crippen LogP contribution in [0, 0.1) is 0 Å². The maximum absolute atomic E-state index is 5.90. The average molecular weight is 461 g/mol. The lowest BCUT2D eigenvalue weighted by molar-refractivity contribution is -0.514. The number of ether oxygens (including phenoxy) is 1. The first-order chi connectivity index (χ1) is 15.4. The van der Waals surface area contributed by atoms with E-state index in [0.29, 0.717) is 19.8 Å². The number of hydrogen-bond acceptors (Lipinski definition) is 7. The van der Waals surface area contributed by atoms with E-state index in [-0.39, 0.29) is 0 Å². The van der Waals surface area contributed by atoms with Gasteiger partial charge >= 0.3 is 0 Å². The van der Waals surface area contributed by atoms with Crippen LogP contribution in [-0.2, 0) is 34.1 Å². The predicted molar refractivity (Wildman–Crippen MR) is 124 cm³/mol. The van der Waals surface area contributed by atoms with Crippen LogP contribution in [0.25, 0.3) is 0 Å². The van der Waals surface area contributed by atoms with Crippen LogP contribution in [0.15, 0.2) is 12.2 Å². The first-order valence-corrected chi connectivity index (χ1v) is 12.5. The van der Waals surface area contributed by atoms with Gasteiger partial charge in [-0.05, 0) is 52.9 Å². The van der Waals surface area contributed by atoms with E-state index in [1.807, 2.05) is 6.92 Å². The van der Waals surface area contributed by atoms with Crippen molar-refractivity contribution in [3.05, 3.63) is 12.2 Å². The highest BCUT2D eigenvalue weighted by atomic mass is 17.3. The van der Waals surface area contributed by atoms with Crippen LogP contribution < -0.4 is 0 Å². The highest BCUT2D eigenvalue weighted by Crippen LogP contribution is 2.30. The van der Waals surface area contributed by atoms with Crippen LogP contribution in [0.3, 0.4) is 0 Å². The van der Waals surface area contributed by atoms with Gasteiger partial charge in [0.25, 0.3) is 0 Å². The van der Waals surface area contributed by atoms with Gasteiger partial charge in [-0.2, -0.15) is 9.78 Å². The summed E-state index contributed by atoms with van der Waals surface area (Å²) < 4.78 is 5.14. The topological polar surface area (TPSA) is 64.6 Å². The van der Waals surface area contributed by atoms with Crippen molar-refractivity contribution >= 4 is 0 Å². The summed E-state index contributed by atoms with van der Waals surface area (Å²) in [5.74, 6) is -1.60. The Balaban J connectivity index is 2.45. The van der Waals surface area contributed by atoms with Crippen LogP contribution in [0.5, 0.6) is 0 Å². The molecule has 0 unspecified atom stereocenters. The van der Waals surface area contributed by atoms with E-state index in [0.717, 1.165) is 50.5 Å². The fraction of sp³-hybridized carbons (Fsp3) is 0.920. The molecule has 1 aliphatic carbocycles. The predicted octanol–water partition coefficient (Wildman–Crippen LogP) is 6.96. The third-order valence-corrected chi connectivity index (χ3v) is 5.61. The van der Waals surface area contributed by atoms with E-state index in [1.54, 1.807) is 21.0 Å². The Morgan fingerprint density at radius 1 is 0.750 bits per heavy atom. The summed E-state index contributed by atoms with van der Waals surface area (Å²) in [5.41, 5.74) is 1.07. The normalized spacial score (nSPS) is 18.6. The van der Waals surface area contributed by atoms with Crippen molar-refractivity contribution in [1.29, 1.82) is 0 Å². The van der Waals surface area contributed by atoms with E-state index in [9.17, 15) is 0 Å². The lowest BCUT2D eigenvalue weighted by atomic mass is 9.97. The van der Waals surface area contributed by atoms with Crippen molar-refractivity contribution in [1.82, 2.24) is 0 Å². The molecule has 1 aliphatic rings. The second-order valence-electron chi connectivity index (χ2n) is 9.33. The minimum atomic E-state index is -0.851. The summed E-state index contributed by atoms with van der Waals surface area (Å²) >= 11 is 0. The standard InChI is InChI=1S/C25H48O7/c1-23(2)17-22-29-32-25(18-13-11-9-7-6-8-10-12-14-19-25)31-28-21-16-15-20-27-30-24(3,4)26-5/h1,6-22H2,2-5H3. The minimum absolute atomic E-state index is 0.452. The first kappa shape index (κ1) is 29.5. The highest BCUT2D eigenvalue weighted by Gasteiger charge is 2.35. The molecule has 0 heterocycles. The zero-order valence-corrected chi connectivity index (χ0v) is 21.1. The SMILES string of the molecule is C=C(C)CCOOC1(OOCCCCOOC(C)(C)OC)CCCCCCCCCCC1.